The summed E-state index contributed by atoms with van der Waals surface area (Å²) in [6.07, 6.45) is 0.182. The lowest BCUT2D eigenvalue weighted by atomic mass is 10.1. The highest BCUT2D eigenvalue weighted by Crippen LogP contribution is 2.25. The Hall–Kier alpha value is -2.74. The molecule has 156 valence electrons. The predicted octanol–water partition coefficient (Wildman–Crippen LogP) is 1.37. The van der Waals surface area contributed by atoms with Gasteiger partial charge in [0.2, 0.25) is 5.91 Å². The number of hydrogen-bond acceptors (Lipinski definition) is 6. The number of esters is 1. The summed E-state index contributed by atoms with van der Waals surface area (Å²) in [7, 11) is 0. The molecule has 1 saturated heterocycles. The van der Waals surface area contributed by atoms with Crippen molar-refractivity contribution in [2.45, 2.75) is 57.8 Å². The van der Waals surface area contributed by atoms with E-state index in [9.17, 15) is 24.3 Å². The van der Waals surface area contributed by atoms with Crippen LogP contribution in [0.15, 0.2) is 24.3 Å². The number of hydrogen-bond donors (Lipinski definition) is 1. The highest BCUT2D eigenvalue weighted by molar-refractivity contribution is 6.22. The van der Waals surface area contributed by atoms with Crippen LogP contribution in [0, 0.1) is 0 Å². The molecule has 3 atom stereocenters. The van der Waals surface area contributed by atoms with Gasteiger partial charge in [0.1, 0.15) is 12.6 Å². The highest BCUT2D eigenvalue weighted by Gasteiger charge is 2.40. The summed E-state index contributed by atoms with van der Waals surface area (Å²) in [5, 5.41) is 9.56. The largest absolute Gasteiger partial charge is 0.460 e. The molecule has 1 aromatic rings. The summed E-state index contributed by atoms with van der Waals surface area (Å²) >= 11 is 0. The summed E-state index contributed by atoms with van der Waals surface area (Å²) in [4.78, 5) is 52.1. The molecular formula is C21H26N2O6. The molecule has 2 heterocycles. The lowest BCUT2D eigenvalue weighted by molar-refractivity contribution is -0.149. The topological polar surface area (TPSA) is 104 Å². The molecule has 8 nitrogen and oxygen atoms in total. The van der Waals surface area contributed by atoms with E-state index >= 15 is 0 Å². The molecule has 8 heteroatoms. The first-order chi connectivity index (χ1) is 14.3. The zero-order chi connectivity index (χ0) is 21.8. The molecule has 0 saturated carbocycles. The van der Waals surface area contributed by atoms with Crippen LogP contribution in [0.25, 0.3) is 0 Å². The maximum absolute atomic E-state index is 12.8. The van der Waals surface area contributed by atoms with Crippen molar-refractivity contribution in [2.24, 2.45) is 0 Å². The second kappa shape index (κ2) is 8.73. The van der Waals surface area contributed by atoms with Crippen molar-refractivity contribution < 1.29 is 30.4 Å². The molecule has 0 spiro atoms. The molecule has 1 unspecified atom stereocenters. The number of fused-ring (bicyclic) bond motifs is 1. The van der Waals surface area contributed by atoms with Crippen LogP contribution in [0.2, 0.25) is 0 Å². The average molecular weight is 403 g/mol. The Labute approximate surface area is 170 Å². The summed E-state index contributed by atoms with van der Waals surface area (Å²) in [6, 6.07) is 5.96. The van der Waals surface area contributed by atoms with Crippen molar-refractivity contribution in [1.29, 1.82) is 0 Å². The molecule has 2 aliphatic heterocycles. The molecule has 0 aromatic heterocycles. The third-order valence-corrected chi connectivity index (χ3v) is 5.32. The lowest BCUT2D eigenvalue weighted by Gasteiger charge is -2.23. The number of aliphatic hydroxyl groups excluding tert-OH is 1. The summed E-state index contributed by atoms with van der Waals surface area (Å²) < 4.78 is 13.1. The van der Waals surface area contributed by atoms with Crippen LogP contribution in [-0.2, 0) is 14.3 Å². The van der Waals surface area contributed by atoms with E-state index in [2.05, 4.69) is 0 Å². The first kappa shape index (κ1) is 19.6. The van der Waals surface area contributed by atoms with Crippen LogP contribution in [0.1, 0.15) is 61.6 Å². The lowest BCUT2D eigenvalue weighted by Crippen LogP contribution is -2.44. The minimum atomic E-state index is -0.556. The molecule has 3 rings (SSSR count). The predicted molar refractivity (Wildman–Crippen MR) is 103 cm³/mol. The minimum Gasteiger partial charge on any atom is -0.460 e. The Bertz CT molecular complexity index is 810. The van der Waals surface area contributed by atoms with E-state index < -0.39 is 48.5 Å². The maximum atomic E-state index is 12.8. The Morgan fingerprint density at radius 3 is 2.52 bits per heavy atom. The van der Waals surface area contributed by atoms with Crippen LogP contribution in [0.5, 0.6) is 0 Å². The third-order valence-electron chi connectivity index (χ3n) is 5.32. The zero-order valence-corrected chi connectivity index (χ0v) is 16.4. The average Bonchev–Trinajstić information content (AvgIpc) is 3.26. The number of amides is 3. The van der Waals surface area contributed by atoms with Gasteiger partial charge in [-0.05, 0) is 31.9 Å². The van der Waals surface area contributed by atoms with E-state index in [0.717, 1.165) is 4.90 Å². The van der Waals surface area contributed by atoms with Crippen molar-refractivity contribution in [3.8, 4) is 0 Å². The molecule has 1 N–H and O–H groups in total. The van der Waals surface area contributed by atoms with E-state index in [1.165, 1.54) is 4.90 Å². The Kier molecular flexibility index (Phi) is 5.89. The first-order valence-corrected chi connectivity index (χ1v) is 9.77. The number of benzene rings is 1. The van der Waals surface area contributed by atoms with E-state index in [4.69, 9.17) is 6.11 Å². The quantitative estimate of drug-likeness (QED) is 0.545. The van der Waals surface area contributed by atoms with Gasteiger partial charge in [0, 0.05) is 20.3 Å². The zero-order valence-electron chi connectivity index (χ0n) is 17.4. The van der Waals surface area contributed by atoms with Gasteiger partial charge in [0.25, 0.3) is 11.8 Å². The monoisotopic (exact) mass is 403 g/mol. The molecular weight excluding hydrogens is 376 g/mol. The van der Waals surface area contributed by atoms with Gasteiger partial charge < -0.3 is 14.7 Å². The van der Waals surface area contributed by atoms with Crippen molar-refractivity contribution in [3.05, 3.63) is 35.4 Å². The fraction of sp³-hybridized carbons (Fsp3) is 0.524. The van der Waals surface area contributed by atoms with E-state index in [1.54, 1.807) is 24.3 Å². The number of likely N-dealkylation sites (tertiary alicyclic amines) is 1. The van der Waals surface area contributed by atoms with Gasteiger partial charge in [-0.2, -0.15) is 0 Å². The van der Waals surface area contributed by atoms with E-state index in [1.807, 2.05) is 6.92 Å². The van der Waals surface area contributed by atoms with Crippen molar-refractivity contribution >= 4 is 23.7 Å². The van der Waals surface area contributed by atoms with Gasteiger partial charge in [-0.25, -0.2) is 0 Å². The second-order valence-corrected chi connectivity index (χ2v) is 7.39. The van der Waals surface area contributed by atoms with Crippen molar-refractivity contribution in [3.63, 3.8) is 0 Å². The summed E-state index contributed by atoms with van der Waals surface area (Å²) in [5.41, 5.74) is 0.546. The molecule has 0 bridgehead atoms. The molecule has 0 radical (unpaired) electrons. The van der Waals surface area contributed by atoms with E-state index in [-0.39, 0.29) is 31.0 Å². The van der Waals surface area contributed by atoms with Crippen molar-refractivity contribution in [1.82, 2.24) is 9.80 Å². The number of aliphatic hydroxyl groups is 1. The minimum absolute atomic E-state index is 0.0730. The molecule has 3 amide bonds. The fourth-order valence-corrected chi connectivity index (χ4v) is 3.61. The second-order valence-electron chi connectivity index (χ2n) is 7.39. The number of carbonyl (C=O) groups is 4. The van der Waals surface area contributed by atoms with E-state index in [0.29, 0.717) is 19.3 Å². The standard InChI is InChI=1S/C21H26N2O6/c1-3-14(24)8-9-19(26)29-15-10-13(2)22(11-15)18(25)12-23-20(27)16-6-4-5-7-17(16)21(23)28/h4-7,13-15,24H,3,8-12H2,1-2H3/t13-,14?,15-/m1/s1/i2D. The van der Waals surface area contributed by atoms with Gasteiger partial charge in [0.05, 0.1) is 23.8 Å². The molecule has 2 aliphatic rings. The third kappa shape index (κ3) is 4.48. The molecule has 1 aromatic carbocycles. The van der Waals surface area contributed by atoms with Crippen LogP contribution in [0.4, 0.5) is 0 Å². The van der Waals surface area contributed by atoms with Crippen LogP contribution < -0.4 is 0 Å². The van der Waals surface area contributed by atoms with Crippen molar-refractivity contribution in [2.75, 3.05) is 13.1 Å². The van der Waals surface area contributed by atoms with Crippen LogP contribution in [-0.4, -0.2) is 69.9 Å². The van der Waals surface area contributed by atoms with Crippen LogP contribution >= 0.6 is 0 Å². The van der Waals surface area contributed by atoms with Gasteiger partial charge >= 0.3 is 5.97 Å². The summed E-state index contributed by atoms with van der Waals surface area (Å²) in [6.45, 7) is 1.46. The number of rotatable bonds is 7. The van der Waals surface area contributed by atoms with Gasteiger partial charge in [-0.3, -0.25) is 24.1 Å². The van der Waals surface area contributed by atoms with Crippen LogP contribution in [0.3, 0.4) is 0 Å². The number of carbonyl (C=O) groups excluding carboxylic acids is 4. The normalized spacial score (nSPS) is 22.5. The smallest absolute Gasteiger partial charge is 0.306 e. The Morgan fingerprint density at radius 1 is 1.28 bits per heavy atom. The summed E-state index contributed by atoms with van der Waals surface area (Å²) in [5.74, 6) is -1.93. The Morgan fingerprint density at radius 2 is 1.93 bits per heavy atom. The van der Waals surface area contributed by atoms with Gasteiger partial charge in [-0.15, -0.1) is 0 Å². The molecule has 0 aliphatic carbocycles. The number of imide groups is 1. The number of ether oxygens (including phenoxy) is 1. The Balaban J connectivity index is 1.59. The van der Waals surface area contributed by atoms with Gasteiger partial charge in [-0.1, -0.05) is 19.1 Å². The van der Waals surface area contributed by atoms with Gasteiger partial charge in [0.15, 0.2) is 0 Å². The first-order valence-electron chi connectivity index (χ1n) is 10.5. The molecule has 29 heavy (non-hydrogen) atoms. The highest BCUT2D eigenvalue weighted by atomic mass is 16.5. The fourth-order valence-electron chi connectivity index (χ4n) is 3.61. The maximum Gasteiger partial charge on any atom is 0.306 e. The molecule has 1 fully saturated rings. The SMILES string of the molecule is [2H]C[C@@H]1C[C@@H](OC(=O)CCC(O)CC)CN1C(=O)CN1C(=O)c2ccccc2C1=O. The number of nitrogens with zero attached hydrogens (tertiary/aromatic N) is 2.